The minimum atomic E-state index is -0.161. The van der Waals surface area contributed by atoms with E-state index in [0.29, 0.717) is 5.41 Å². The molecule has 0 bridgehead atoms. The lowest BCUT2D eigenvalue weighted by atomic mass is 9.87. The highest BCUT2D eigenvalue weighted by Crippen LogP contribution is 2.46. The van der Waals surface area contributed by atoms with Crippen molar-refractivity contribution in [2.24, 2.45) is 5.41 Å². The molecule has 1 atom stereocenters. The molecule has 0 amide bonds. The van der Waals surface area contributed by atoms with Crippen molar-refractivity contribution in [3.63, 3.8) is 0 Å². The Hall–Kier alpha value is -0.590. The highest BCUT2D eigenvalue weighted by Gasteiger charge is 2.47. The molecular formula is C12H21N3. The summed E-state index contributed by atoms with van der Waals surface area (Å²) >= 11 is 0. The van der Waals surface area contributed by atoms with Crippen molar-refractivity contribution in [1.29, 1.82) is 5.26 Å². The maximum atomic E-state index is 9.49. The normalized spacial score (nSPS) is 36.3. The van der Waals surface area contributed by atoms with Crippen LogP contribution < -0.4 is 5.32 Å². The topological polar surface area (TPSA) is 39.1 Å². The van der Waals surface area contributed by atoms with Gasteiger partial charge in [0.25, 0.3) is 0 Å². The fourth-order valence-electron chi connectivity index (χ4n) is 3.04. The third kappa shape index (κ3) is 2.02. The lowest BCUT2D eigenvalue weighted by molar-refractivity contribution is 0.113. The fraction of sp³-hybridized carbons (Fsp3) is 0.917. The standard InChI is InChI=1S/C12H21N3/c1-11(2)3-4-12(9-11,10-13)15-7-5-14-6-8-15/h14H,3-9H2,1-2H3. The summed E-state index contributed by atoms with van der Waals surface area (Å²) in [5.74, 6) is 0. The highest BCUT2D eigenvalue weighted by atomic mass is 15.2. The molecule has 1 saturated heterocycles. The molecule has 3 heteroatoms. The Morgan fingerprint density at radius 2 is 1.87 bits per heavy atom. The predicted octanol–water partition coefficient (Wildman–Crippen LogP) is 1.36. The Morgan fingerprint density at radius 1 is 1.20 bits per heavy atom. The first-order valence-electron chi connectivity index (χ1n) is 5.95. The van der Waals surface area contributed by atoms with E-state index >= 15 is 0 Å². The molecule has 0 aromatic carbocycles. The van der Waals surface area contributed by atoms with Gasteiger partial charge in [-0.15, -0.1) is 0 Å². The van der Waals surface area contributed by atoms with Crippen molar-refractivity contribution in [2.45, 2.75) is 38.6 Å². The van der Waals surface area contributed by atoms with Gasteiger partial charge in [-0.1, -0.05) is 13.8 Å². The van der Waals surface area contributed by atoms with E-state index in [1.54, 1.807) is 0 Å². The van der Waals surface area contributed by atoms with Crippen LogP contribution in [0.5, 0.6) is 0 Å². The van der Waals surface area contributed by atoms with Gasteiger partial charge < -0.3 is 5.32 Å². The van der Waals surface area contributed by atoms with E-state index in [0.717, 1.165) is 39.0 Å². The van der Waals surface area contributed by atoms with E-state index in [1.165, 1.54) is 6.42 Å². The molecule has 0 radical (unpaired) electrons. The van der Waals surface area contributed by atoms with Crippen LogP contribution in [0.3, 0.4) is 0 Å². The number of nitrogens with one attached hydrogen (secondary N) is 1. The number of hydrogen-bond donors (Lipinski definition) is 1. The number of rotatable bonds is 1. The first-order valence-corrected chi connectivity index (χ1v) is 5.95. The first kappa shape index (κ1) is 10.9. The molecule has 15 heavy (non-hydrogen) atoms. The summed E-state index contributed by atoms with van der Waals surface area (Å²) in [5, 5.41) is 12.8. The van der Waals surface area contributed by atoms with Gasteiger partial charge in [0, 0.05) is 26.2 Å². The van der Waals surface area contributed by atoms with E-state index in [4.69, 9.17) is 0 Å². The van der Waals surface area contributed by atoms with E-state index in [1.807, 2.05) is 0 Å². The van der Waals surface area contributed by atoms with Crippen LogP contribution in [-0.4, -0.2) is 36.6 Å². The lowest BCUT2D eigenvalue weighted by Crippen LogP contribution is -2.54. The summed E-state index contributed by atoms with van der Waals surface area (Å²) < 4.78 is 0. The SMILES string of the molecule is CC1(C)CCC(C#N)(N2CCNCC2)C1. The summed E-state index contributed by atoms with van der Waals surface area (Å²) in [6, 6.07) is 2.60. The average molecular weight is 207 g/mol. The van der Waals surface area contributed by atoms with Crippen LogP contribution in [0.15, 0.2) is 0 Å². The smallest absolute Gasteiger partial charge is 0.109 e. The van der Waals surface area contributed by atoms with Crippen molar-refractivity contribution in [3.05, 3.63) is 0 Å². The van der Waals surface area contributed by atoms with Gasteiger partial charge in [0.1, 0.15) is 5.54 Å². The Balaban J connectivity index is 2.12. The van der Waals surface area contributed by atoms with Crippen molar-refractivity contribution >= 4 is 0 Å². The quantitative estimate of drug-likeness (QED) is 0.705. The molecule has 0 aromatic rings. The number of piperazine rings is 1. The molecule has 2 aliphatic rings. The average Bonchev–Trinajstić information content (AvgIpc) is 2.57. The summed E-state index contributed by atoms with van der Waals surface area (Å²) in [4.78, 5) is 2.40. The maximum absolute atomic E-state index is 9.49. The highest BCUT2D eigenvalue weighted by molar-refractivity contribution is 5.15. The minimum Gasteiger partial charge on any atom is -0.314 e. The Morgan fingerprint density at radius 3 is 2.33 bits per heavy atom. The van der Waals surface area contributed by atoms with E-state index in [-0.39, 0.29) is 5.54 Å². The lowest BCUT2D eigenvalue weighted by Gasteiger charge is -2.39. The third-order valence-corrected chi connectivity index (χ3v) is 3.92. The second-order valence-corrected chi connectivity index (χ2v) is 5.72. The van der Waals surface area contributed by atoms with Crippen molar-refractivity contribution in [2.75, 3.05) is 26.2 Å². The zero-order valence-electron chi connectivity index (χ0n) is 9.84. The van der Waals surface area contributed by atoms with Crippen LogP contribution in [0, 0.1) is 16.7 Å². The van der Waals surface area contributed by atoms with Gasteiger partial charge >= 0.3 is 0 Å². The summed E-state index contributed by atoms with van der Waals surface area (Å²) in [6.07, 6.45) is 3.28. The monoisotopic (exact) mass is 207 g/mol. The predicted molar refractivity (Wildman–Crippen MR) is 60.4 cm³/mol. The van der Waals surface area contributed by atoms with Gasteiger partial charge in [-0.3, -0.25) is 4.90 Å². The molecule has 1 aliphatic heterocycles. The van der Waals surface area contributed by atoms with Crippen molar-refractivity contribution in [3.8, 4) is 6.07 Å². The number of nitrogens with zero attached hydrogens (tertiary/aromatic N) is 2. The molecule has 1 heterocycles. The molecule has 1 saturated carbocycles. The van der Waals surface area contributed by atoms with Crippen molar-refractivity contribution < 1.29 is 0 Å². The van der Waals surface area contributed by atoms with Crippen LogP contribution in [0.2, 0.25) is 0 Å². The van der Waals surface area contributed by atoms with Gasteiger partial charge in [-0.05, 0) is 24.7 Å². The zero-order valence-corrected chi connectivity index (χ0v) is 9.84. The summed E-state index contributed by atoms with van der Waals surface area (Å²) in [7, 11) is 0. The second-order valence-electron chi connectivity index (χ2n) is 5.72. The third-order valence-electron chi connectivity index (χ3n) is 3.92. The molecule has 1 unspecified atom stereocenters. The summed E-state index contributed by atoms with van der Waals surface area (Å²) in [5.41, 5.74) is 0.187. The fourth-order valence-corrected chi connectivity index (χ4v) is 3.04. The van der Waals surface area contributed by atoms with Crippen LogP contribution in [0.1, 0.15) is 33.1 Å². The van der Waals surface area contributed by atoms with Gasteiger partial charge in [0.2, 0.25) is 0 Å². The van der Waals surface area contributed by atoms with E-state index < -0.39 is 0 Å². The van der Waals surface area contributed by atoms with Gasteiger partial charge in [0.15, 0.2) is 0 Å². The molecule has 0 aromatic heterocycles. The molecule has 2 rings (SSSR count). The molecule has 3 nitrogen and oxygen atoms in total. The minimum absolute atomic E-state index is 0.161. The van der Waals surface area contributed by atoms with Crippen LogP contribution in [-0.2, 0) is 0 Å². The molecule has 84 valence electrons. The molecule has 1 aliphatic carbocycles. The number of nitriles is 1. The van der Waals surface area contributed by atoms with Crippen LogP contribution >= 0.6 is 0 Å². The van der Waals surface area contributed by atoms with E-state index in [2.05, 4.69) is 30.1 Å². The first-order chi connectivity index (χ1) is 7.08. The van der Waals surface area contributed by atoms with Crippen LogP contribution in [0.4, 0.5) is 0 Å². The maximum Gasteiger partial charge on any atom is 0.109 e. The Kier molecular flexibility index (Phi) is 2.74. The van der Waals surface area contributed by atoms with Crippen LogP contribution in [0.25, 0.3) is 0 Å². The molecule has 0 spiro atoms. The second kappa shape index (κ2) is 3.77. The van der Waals surface area contributed by atoms with Gasteiger partial charge in [-0.2, -0.15) is 5.26 Å². The van der Waals surface area contributed by atoms with Gasteiger partial charge in [0.05, 0.1) is 6.07 Å². The zero-order chi connectivity index (χ0) is 10.9. The van der Waals surface area contributed by atoms with E-state index in [9.17, 15) is 5.26 Å². The van der Waals surface area contributed by atoms with Gasteiger partial charge in [-0.25, -0.2) is 0 Å². The summed E-state index contributed by atoms with van der Waals surface area (Å²) in [6.45, 7) is 8.70. The molecular weight excluding hydrogens is 186 g/mol. The Bertz CT molecular complexity index is 273. The molecule has 1 N–H and O–H groups in total. The Labute approximate surface area is 92.4 Å². The largest absolute Gasteiger partial charge is 0.314 e. The number of hydrogen-bond acceptors (Lipinski definition) is 3. The van der Waals surface area contributed by atoms with Crippen molar-refractivity contribution in [1.82, 2.24) is 10.2 Å². The molecule has 2 fully saturated rings.